The first kappa shape index (κ1) is 22.3. The van der Waals surface area contributed by atoms with E-state index in [1.54, 1.807) is 26.4 Å². The van der Waals surface area contributed by atoms with E-state index in [9.17, 15) is 14.9 Å². The second kappa shape index (κ2) is 10.6. The Morgan fingerprint density at radius 1 is 0.875 bits per heavy atom. The zero-order valence-corrected chi connectivity index (χ0v) is 17.6. The van der Waals surface area contributed by atoms with Gasteiger partial charge in [0.1, 0.15) is 17.2 Å². The molecular formula is C25H21NO6. The lowest BCUT2D eigenvalue weighted by Gasteiger charge is -2.13. The van der Waals surface area contributed by atoms with Crippen LogP contribution in [0.3, 0.4) is 0 Å². The fraction of sp³-hybridized carbons (Fsp3) is 0.0800. The molecule has 0 atom stereocenters. The smallest absolute Gasteiger partial charge is 0.336 e. The molecule has 3 aromatic carbocycles. The van der Waals surface area contributed by atoms with Gasteiger partial charge in [-0.15, -0.1) is 0 Å². The van der Waals surface area contributed by atoms with Crippen LogP contribution in [0.5, 0.6) is 17.2 Å². The average molecular weight is 431 g/mol. The van der Waals surface area contributed by atoms with Gasteiger partial charge in [0.15, 0.2) is 0 Å². The Kier molecular flexibility index (Phi) is 7.37. The van der Waals surface area contributed by atoms with E-state index < -0.39 is 10.9 Å². The highest BCUT2D eigenvalue weighted by atomic mass is 16.6. The van der Waals surface area contributed by atoms with Crippen molar-refractivity contribution in [1.29, 1.82) is 0 Å². The molecule has 32 heavy (non-hydrogen) atoms. The Morgan fingerprint density at radius 3 is 2.16 bits per heavy atom. The van der Waals surface area contributed by atoms with Gasteiger partial charge in [-0.1, -0.05) is 42.5 Å². The number of benzene rings is 3. The summed E-state index contributed by atoms with van der Waals surface area (Å²) in [6.45, 7) is 0. The Morgan fingerprint density at radius 2 is 1.53 bits per heavy atom. The molecule has 0 aliphatic rings. The molecule has 0 heterocycles. The van der Waals surface area contributed by atoms with E-state index in [-0.39, 0.29) is 11.4 Å². The fourth-order valence-corrected chi connectivity index (χ4v) is 2.99. The topological polar surface area (TPSA) is 87.9 Å². The maximum absolute atomic E-state index is 12.2. The molecule has 7 nitrogen and oxygen atoms in total. The lowest BCUT2D eigenvalue weighted by atomic mass is 9.96. The van der Waals surface area contributed by atoms with E-state index >= 15 is 0 Å². The van der Waals surface area contributed by atoms with Gasteiger partial charge < -0.3 is 14.2 Å². The summed E-state index contributed by atoms with van der Waals surface area (Å²) in [6.07, 6.45) is 4.65. The minimum Gasteiger partial charge on any atom is -0.497 e. The van der Waals surface area contributed by atoms with Crippen LogP contribution >= 0.6 is 0 Å². The van der Waals surface area contributed by atoms with Gasteiger partial charge in [0.25, 0.3) is 5.69 Å². The predicted molar refractivity (Wildman–Crippen MR) is 121 cm³/mol. The Labute approximate surface area is 185 Å². The summed E-state index contributed by atoms with van der Waals surface area (Å²) in [7, 11) is 3.20. The molecule has 0 aliphatic heterocycles. The second-order valence-electron chi connectivity index (χ2n) is 6.54. The van der Waals surface area contributed by atoms with Gasteiger partial charge in [0.05, 0.1) is 19.1 Å². The van der Waals surface area contributed by atoms with E-state index in [1.165, 1.54) is 30.3 Å². The summed E-state index contributed by atoms with van der Waals surface area (Å²) < 4.78 is 15.9. The number of carbonyl (C=O) groups is 1. The van der Waals surface area contributed by atoms with Gasteiger partial charge in [-0.3, -0.25) is 10.1 Å². The molecule has 0 fully saturated rings. The minimum absolute atomic E-state index is 0.0794. The van der Waals surface area contributed by atoms with E-state index in [1.807, 2.05) is 48.5 Å². The second-order valence-corrected chi connectivity index (χ2v) is 6.54. The number of ether oxygens (including phenoxy) is 3. The molecule has 7 heteroatoms. The van der Waals surface area contributed by atoms with Crippen molar-refractivity contribution in [1.82, 2.24) is 0 Å². The SMILES string of the molecule is COc1ccc(/C(=C/C=C/C(=O)Oc2ccc([N+](=O)[O-])cc2)c2ccccc2OC)cc1. The summed E-state index contributed by atoms with van der Waals surface area (Å²) in [4.78, 5) is 22.4. The van der Waals surface area contributed by atoms with E-state index in [2.05, 4.69) is 0 Å². The predicted octanol–water partition coefficient (Wildman–Crippen LogP) is 5.21. The number of hydrogen-bond acceptors (Lipinski definition) is 6. The van der Waals surface area contributed by atoms with Crippen molar-refractivity contribution in [2.45, 2.75) is 0 Å². The number of nitrogens with zero attached hydrogens (tertiary/aromatic N) is 1. The molecule has 0 amide bonds. The molecule has 162 valence electrons. The zero-order chi connectivity index (χ0) is 22.9. The van der Waals surface area contributed by atoms with Crippen LogP contribution in [0, 0.1) is 10.1 Å². The first-order valence-electron chi connectivity index (χ1n) is 9.64. The maximum atomic E-state index is 12.2. The Bertz CT molecular complexity index is 1150. The van der Waals surface area contributed by atoms with Crippen LogP contribution in [0.4, 0.5) is 5.69 Å². The number of methoxy groups -OCH3 is 2. The molecular weight excluding hydrogens is 410 g/mol. The van der Waals surface area contributed by atoms with Crippen molar-refractivity contribution in [3.05, 3.63) is 112 Å². The van der Waals surface area contributed by atoms with E-state index in [0.29, 0.717) is 5.75 Å². The molecule has 0 saturated heterocycles. The molecule has 0 spiro atoms. The summed E-state index contributed by atoms with van der Waals surface area (Å²) in [5.74, 6) is 1.03. The molecule has 0 saturated carbocycles. The van der Waals surface area contributed by atoms with Crippen LogP contribution in [0.1, 0.15) is 11.1 Å². The third kappa shape index (κ3) is 5.60. The summed E-state index contributed by atoms with van der Waals surface area (Å²) in [5, 5.41) is 10.7. The molecule has 3 aromatic rings. The summed E-state index contributed by atoms with van der Waals surface area (Å²) in [5.41, 5.74) is 2.52. The van der Waals surface area contributed by atoms with Crippen molar-refractivity contribution >= 4 is 17.2 Å². The van der Waals surface area contributed by atoms with Crippen molar-refractivity contribution in [2.24, 2.45) is 0 Å². The van der Waals surface area contributed by atoms with Gasteiger partial charge in [0.2, 0.25) is 0 Å². The highest BCUT2D eigenvalue weighted by Gasteiger charge is 2.11. The normalized spacial score (nSPS) is 11.2. The number of nitro benzene ring substituents is 1. The van der Waals surface area contributed by atoms with Crippen LogP contribution < -0.4 is 14.2 Å². The lowest BCUT2D eigenvalue weighted by molar-refractivity contribution is -0.384. The largest absolute Gasteiger partial charge is 0.497 e. The van der Waals surface area contributed by atoms with Crippen LogP contribution in [0.25, 0.3) is 5.57 Å². The molecule has 0 aromatic heterocycles. The number of para-hydroxylation sites is 1. The van der Waals surface area contributed by atoms with Crippen molar-refractivity contribution in [2.75, 3.05) is 14.2 Å². The lowest BCUT2D eigenvalue weighted by Crippen LogP contribution is -2.03. The molecule has 3 rings (SSSR count). The third-order valence-electron chi connectivity index (χ3n) is 4.56. The highest BCUT2D eigenvalue weighted by molar-refractivity contribution is 5.87. The summed E-state index contributed by atoms with van der Waals surface area (Å²) >= 11 is 0. The number of allylic oxidation sites excluding steroid dienone is 2. The number of carbonyl (C=O) groups excluding carboxylic acids is 1. The molecule has 0 bridgehead atoms. The average Bonchev–Trinajstić information content (AvgIpc) is 2.82. The van der Waals surface area contributed by atoms with Crippen molar-refractivity contribution in [3.8, 4) is 17.2 Å². The molecule has 0 radical (unpaired) electrons. The molecule has 0 N–H and O–H groups in total. The van der Waals surface area contributed by atoms with Crippen LogP contribution in [-0.4, -0.2) is 25.1 Å². The monoisotopic (exact) mass is 431 g/mol. The van der Waals surface area contributed by atoms with Gasteiger partial charge >= 0.3 is 5.97 Å². The number of non-ortho nitro benzene ring substituents is 1. The Balaban J connectivity index is 1.85. The quantitative estimate of drug-likeness (QED) is 0.122. The first-order valence-corrected chi connectivity index (χ1v) is 9.64. The summed E-state index contributed by atoms with van der Waals surface area (Å²) in [6, 6.07) is 20.4. The number of esters is 1. The maximum Gasteiger partial charge on any atom is 0.336 e. The molecule has 0 aliphatic carbocycles. The number of rotatable bonds is 8. The van der Waals surface area contributed by atoms with Crippen LogP contribution in [0.15, 0.2) is 91.0 Å². The number of hydrogen-bond donors (Lipinski definition) is 0. The van der Waals surface area contributed by atoms with Gasteiger partial charge in [-0.05, 0) is 41.5 Å². The minimum atomic E-state index is -0.607. The van der Waals surface area contributed by atoms with E-state index in [0.717, 1.165) is 22.4 Å². The standard InChI is InChI=1S/C25H21NO6/c1-30-20-14-10-18(11-15-20)22(23-6-3-4-8-24(23)31-2)7-5-9-25(27)32-21-16-12-19(13-17-21)26(28)29/h3-17H,1-2H3/b9-5+,22-7-. The first-order chi connectivity index (χ1) is 15.5. The Hall–Kier alpha value is -4.39. The van der Waals surface area contributed by atoms with Crippen LogP contribution in [-0.2, 0) is 4.79 Å². The zero-order valence-electron chi connectivity index (χ0n) is 17.6. The van der Waals surface area contributed by atoms with Crippen molar-refractivity contribution in [3.63, 3.8) is 0 Å². The highest BCUT2D eigenvalue weighted by Crippen LogP contribution is 2.32. The van der Waals surface area contributed by atoms with Gasteiger partial charge in [0, 0.05) is 23.8 Å². The van der Waals surface area contributed by atoms with E-state index in [4.69, 9.17) is 14.2 Å². The third-order valence-corrected chi connectivity index (χ3v) is 4.56. The molecule has 0 unspecified atom stereocenters. The van der Waals surface area contributed by atoms with Gasteiger partial charge in [-0.25, -0.2) is 4.79 Å². The van der Waals surface area contributed by atoms with Crippen molar-refractivity contribution < 1.29 is 23.9 Å². The van der Waals surface area contributed by atoms with Gasteiger partial charge in [-0.2, -0.15) is 0 Å². The van der Waals surface area contributed by atoms with Crippen LogP contribution in [0.2, 0.25) is 0 Å². The fourth-order valence-electron chi connectivity index (χ4n) is 2.99. The number of nitro groups is 1.